The van der Waals surface area contributed by atoms with E-state index >= 15 is 0 Å². The van der Waals surface area contributed by atoms with Crippen molar-refractivity contribution in [2.75, 3.05) is 19.6 Å². The molecule has 1 aliphatic carbocycles. The number of carbonyl (C=O) groups excluding carboxylic acids is 2. The number of aryl methyl sites for hydroxylation is 1. The molecule has 1 aromatic rings. The third-order valence-corrected chi connectivity index (χ3v) is 5.90. The van der Waals surface area contributed by atoms with Crippen molar-refractivity contribution in [3.63, 3.8) is 0 Å². The molecule has 4 heteroatoms. The SMILES string of the molecule is O=C(NCCCc1ccccc1)C1CCC(C(=O)N2CCCCC2)CC1. The smallest absolute Gasteiger partial charge is 0.225 e. The maximum Gasteiger partial charge on any atom is 0.225 e. The van der Waals surface area contributed by atoms with Crippen LogP contribution in [-0.2, 0) is 16.0 Å². The summed E-state index contributed by atoms with van der Waals surface area (Å²) in [5, 5.41) is 3.10. The van der Waals surface area contributed by atoms with Gasteiger partial charge >= 0.3 is 0 Å². The van der Waals surface area contributed by atoms with Gasteiger partial charge in [0.2, 0.25) is 11.8 Å². The van der Waals surface area contributed by atoms with Crippen molar-refractivity contribution < 1.29 is 9.59 Å². The Balaban J connectivity index is 1.33. The molecular formula is C22H32N2O2. The molecule has 1 aromatic carbocycles. The fraction of sp³-hybridized carbons (Fsp3) is 0.636. The first-order valence-corrected chi connectivity index (χ1v) is 10.3. The topological polar surface area (TPSA) is 49.4 Å². The van der Waals surface area contributed by atoms with E-state index < -0.39 is 0 Å². The van der Waals surface area contributed by atoms with Gasteiger partial charge in [0.15, 0.2) is 0 Å². The third kappa shape index (κ3) is 5.33. The number of benzene rings is 1. The molecule has 2 amide bonds. The number of piperidine rings is 1. The molecule has 2 aliphatic rings. The molecule has 26 heavy (non-hydrogen) atoms. The highest BCUT2D eigenvalue weighted by molar-refractivity contribution is 5.81. The molecule has 0 radical (unpaired) electrons. The summed E-state index contributed by atoms with van der Waals surface area (Å²) in [4.78, 5) is 27.0. The molecule has 0 unspecified atom stereocenters. The lowest BCUT2D eigenvalue weighted by atomic mass is 9.80. The van der Waals surface area contributed by atoms with Gasteiger partial charge in [-0.3, -0.25) is 9.59 Å². The Morgan fingerprint density at radius 3 is 2.27 bits per heavy atom. The molecule has 2 fully saturated rings. The van der Waals surface area contributed by atoms with E-state index in [4.69, 9.17) is 0 Å². The molecule has 1 saturated heterocycles. The maximum atomic E-state index is 12.6. The number of hydrogen-bond acceptors (Lipinski definition) is 2. The Labute approximate surface area is 157 Å². The molecular weight excluding hydrogens is 324 g/mol. The van der Waals surface area contributed by atoms with Gasteiger partial charge < -0.3 is 10.2 Å². The highest BCUT2D eigenvalue weighted by Crippen LogP contribution is 2.31. The normalized spacial score (nSPS) is 23.5. The zero-order valence-electron chi connectivity index (χ0n) is 15.8. The minimum Gasteiger partial charge on any atom is -0.356 e. The lowest BCUT2D eigenvalue weighted by Gasteiger charge is -2.33. The first-order chi connectivity index (χ1) is 12.7. The van der Waals surface area contributed by atoms with Crippen LogP contribution in [0.2, 0.25) is 0 Å². The lowest BCUT2D eigenvalue weighted by Crippen LogP contribution is -2.42. The molecule has 1 saturated carbocycles. The second-order valence-electron chi connectivity index (χ2n) is 7.81. The van der Waals surface area contributed by atoms with Crippen molar-refractivity contribution in [2.24, 2.45) is 11.8 Å². The van der Waals surface area contributed by atoms with Gasteiger partial charge in [-0.2, -0.15) is 0 Å². The van der Waals surface area contributed by atoms with Crippen molar-refractivity contribution in [2.45, 2.75) is 57.8 Å². The summed E-state index contributed by atoms with van der Waals surface area (Å²) in [6.07, 6.45) is 8.97. The van der Waals surface area contributed by atoms with E-state index in [1.54, 1.807) is 0 Å². The fourth-order valence-corrected chi connectivity index (χ4v) is 4.27. The second-order valence-corrected chi connectivity index (χ2v) is 7.81. The van der Waals surface area contributed by atoms with Gasteiger partial charge in [-0.1, -0.05) is 30.3 Å². The highest BCUT2D eigenvalue weighted by atomic mass is 16.2. The van der Waals surface area contributed by atoms with Gasteiger partial charge in [0.25, 0.3) is 0 Å². The van der Waals surface area contributed by atoms with E-state index in [0.717, 1.165) is 71.0 Å². The van der Waals surface area contributed by atoms with E-state index in [0.29, 0.717) is 5.91 Å². The van der Waals surface area contributed by atoms with Gasteiger partial charge in [0.1, 0.15) is 0 Å². The molecule has 0 aromatic heterocycles. The van der Waals surface area contributed by atoms with E-state index in [9.17, 15) is 9.59 Å². The molecule has 0 atom stereocenters. The summed E-state index contributed by atoms with van der Waals surface area (Å²) in [5.74, 6) is 0.765. The molecule has 1 aliphatic heterocycles. The predicted molar refractivity (Wildman–Crippen MR) is 104 cm³/mol. The first kappa shape index (κ1) is 18.9. The number of likely N-dealkylation sites (tertiary alicyclic amines) is 1. The zero-order valence-corrected chi connectivity index (χ0v) is 15.8. The Kier molecular flexibility index (Phi) is 7.10. The number of hydrogen-bond donors (Lipinski definition) is 1. The average molecular weight is 357 g/mol. The largest absolute Gasteiger partial charge is 0.356 e. The van der Waals surface area contributed by atoms with E-state index in [2.05, 4.69) is 34.5 Å². The average Bonchev–Trinajstić information content (AvgIpc) is 2.72. The summed E-state index contributed by atoms with van der Waals surface area (Å²) in [5.41, 5.74) is 1.32. The second kappa shape index (κ2) is 9.75. The van der Waals surface area contributed by atoms with Gasteiger partial charge in [0.05, 0.1) is 0 Å². The predicted octanol–water partition coefficient (Wildman–Crippen LogP) is 3.55. The number of rotatable bonds is 6. The zero-order chi connectivity index (χ0) is 18.2. The summed E-state index contributed by atoms with van der Waals surface area (Å²) in [6, 6.07) is 10.4. The van der Waals surface area contributed by atoms with Crippen LogP contribution < -0.4 is 5.32 Å². The quantitative estimate of drug-likeness (QED) is 0.793. The van der Waals surface area contributed by atoms with Crippen LogP contribution in [-0.4, -0.2) is 36.3 Å². The molecule has 4 nitrogen and oxygen atoms in total. The lowest BCUT2D eigenvalue weighted by molar-refractivity contribution is -0.139. The molecule has 0 bridgehead atoms. The number of nitrogens with zero attached hydrogens (tertiary/aromatic N) is 1. The Bertz CT molecular complexity index is 573. The van der Waals surface area contributed by atoms with Crippen LogP contribution in [0.5, 0.6) is 0 Å². The Morgan fingerprint density at radius 1 is 0.923 bits per heavy atom. The minimum absolute atomic E-state index is 0.0946. The van der Waals surface area contributed by atoms with Crippen molar-refractivity contribution in [1.82, 2.24) is 10.2 Å². The van der Waals surface area contributed by atoms with E-state index in [1.165, 1.54) is 12.0 Å². The summed E-state index contributed by atoms with van der Waals surface area (Å²) in [7, 11) is 0. The molecule has 0 spiro atoms. The number of nitrogens with one attached hydrogen (secondary N) is 1. The fourth-order valence-electron chi connectivity index (χ4n) is 4.27. The molecule has 1 heterocycles. The molecule has 142 valence electrons. The van der Waals surface area contributed by atoms with Gasteiger partial charge in [-0.15, -0.1) is 0 Å². The van der Waals surface area contributed by atoms with Gasteiger partial charge in [-0.05, 0) is 63.4 Å². The Hall–Kier alpha value is -1.84. The standard InChI is InChI=1S/C22H32N2O2/c25-21(23-15-7-10-18-8-3-1-4-9-18)19-11-13-20(14-12-19)22(26)24-16-5-2-6-17-24/h1,3-4,8-9,19-20H,2,5-7,10-17H2,(H,23,25). The summed E-state index contributed by atoms with van der Waals surface area (Å²) in [6.45, 7) is 2.60. The summed E-state index contributed by atoms with van der Waals surface area (Å²) >= 11 is 0. The number of carbonyl (C=O) groups is 2. The van der Waals surface area contributed by atoms with Crippen molar-refractivity contribution in [1.29, 1.82) is 0 Å². The highest BCUT2D eigenvalue weighted by Gasteiger charge is 2.32. The van der Waals surface area contributed by atoms with Gasteiger partial charge in [0, 0.05) is 31.5 Å². The van der Waals surface area contributed by atoms with Crippen LogP contribution in [0.1, 0.15) is 56.9 Å². The first-order valence-electron chi connectivity index (χ1n) is 10.3. The van der Waals surface area contributed by atoms with Crippen LogP contribution in [0.3, 0.4) is 0 Å². The number of amides is 2. The van der Waals surface area contributed by atoms with Gasteiger partial charge in [-0.25, -0.2) is 0 Å². The molecule has 1 N–H and O–H groups in total. The van der Waals surface area contributed by atoms with Crippen LogP contribution >= 0.6 is 0 Å². The van der Waals surface area contributed by atoms with Crippen LogP contribution in [0.25, 0.3) is 0 Å². The van der Waals surface area contributed by atoms with Crippen LogP contribution in [0.4, 0.5) is 0 Å². The van der Waals surface area contributed by atoms with Crippen molar-refractivity contribution in [3.05, 3.63) is 35.9 Å². The van der Waals surface area contributed by atoms with Crippen LogP contribution in [0, 0.1) is 11.8 Å². The maximum absolute atomic E-state index is 12.6. The molecule has 3 rings (SSSR count). The Morgan fingerprint density at radius 2 is 1.58 bits per heavy atom. The third-order valence-electron chi connectivity index (χ3n) is 5.90. The van der Waals surface area contributed by atoms with Crippen molar-refractivity contribution >= 4 is 11.8 Å². The van der Waals surface area contributed by atoms with Crippen molar-refractivity contribution in [3.8, 4) is 0 Å². The van der Waals surface area contributed by atoms with E-state index in [1.807, 2.05) is 6.07 Å². The van der Waals surface area contributed by atoms with E-state index in [-0.39, 0.29) is 17.7 Å². The monoisotopic (exact) mass is 356 g/mol. The minimum atomic E-state index is 0.0946. The van der Waals surface area contributed by atoms with Crippen LogP contribution in [0.15, 0.2) is 30.3 Å². The summed E-state index contributed by atoms with van der Waals surface area (Å²) < 4.78 is 0.